The van der Waals surface area contributed by atoms with Crippen LogP contribution in [0.15, 0.2) is 16.7 Å². The summed E-state index contributed by atoms with van der Waals surface area (Å²) in [6.45, 7) is 11.4. The predicted molar refractivity (Wildman–Crippen MR) is 67.3 cm³/mol. The van der Waals surface area contributed by atoms with Gasteiger partial charge in [0.1, 0.15) is 5.76 Å². The van der Waals surface area contributed by atoms with Gasteiger partial charge in [0.2, 0.25) is 0 Å². The zero-order valence-electron chi connectivity index (χ0n) is 11.1. The van der Waals surface area contributed by atoms with Gasteiger partial charge >= 0.3 is 0 Å². The molecule has 0 saturated carbocycles. The van der Waals surface area contributed by atoms with Crippen LogP contribution in [0.1, 0.15) is 39.0 Å². The second-order valence-corrected chi connectivity index (χ2v) is 5.30. The van der Waals surface area contributed by atoms with Gasteiger partial charge in [0, 0.05) is 17.6 Å². The van der Waals surface area contributed by atoms with Crippen LogP contribution in [-0.2, 0) is 13.1 Å². The molecule has 0 aliphatic rings. The summed E-state index contributed by atoms with van der Waals surface area (Å²) in [5.41, 5.74) is 1.40. The summed E-state index contributed by atoms with van der Waals surface area (Å²) in [5, 5.41) is 3.48. The minimum Gasteiger partial charge on any atom is -0.468 e. The molecule has 0 saturated heterocycles. The fourth-order valence-electron chi connectivity index (χ4n) is 1.38. The van der Waals surface area contributed by atoms with E-state index < -0.39 is 0 Å². The molecule has 1 aromatic heterocycles. The van der Waals surface area contributed by atoms with Gasteiger partial charge < -0.3 is 9.73 Å². The fourth-order valence-corrected chi connectivity index (χ4v) is 1.38. The lowest BCUT2D eigenvalue weighted by atomic mass is 10.1. The highest BCUT2D eigenvalue weighted by atomic mass is 16.3. The molecule has 3 nitrogen and oxygen atoms in total. The Bertz CT molecular complexity index is 312. The van der Waals surface area contributed by atoms with Crippen LogP contribution in [0.25, 0.3) is 0 Å². The fraction of sp³-hybridized carbons (Fsp3) is 0.692. The normalized spacial score (nSPS) is 12.4. The maximum atomic E-state index is 5.52. The second-order valence-electron chi connectivity index (χ2n) is 5.30. The summed E-state index contributed by atoms with van der Waals surface area (Å²) in [6.07, 6.45) is 1.78. The quantitative estimate of drug-likeness (QED) is 0.833. The molecule has 0 fully saturated rings. The zero-order valence-corrected chi connectivity index (χ0v) is 11.1. The van der Waals surface area contributed by atoms with Gasteiger partial charge in [-0.2, -0.15) is 0 Å². The molecule has 0 aliphatic carbocycles. The monoisotopic (exact) mass is 224 g/mol. The second kappa shape index (κ2) is 5.51. The first-order chi connectivity index (χ1) is 7.42. The largest absolute Gasteiger partial charge is 0.468 e. The summed E-state index contributed by atoms with van der Waals surface area (Å²) >= 11 is 0. The van der Waals surface area contributed by atoms with E-state index in [1.165, 1.54) is 5.56 Å². The SMILES string of the molecule is CCN(C)Cc1occc1CNC(C)(C)C. The first-order valence-corrected chi connectivity index (χ1v) is 5.91. The highest BCUT2D eigenvalue weighted by molar-refractivity contribution is 5.17. The molecule has 0 amide bonds. The Hall–Kier alpha value is -0.800. The van der Waals surface area contributed by atoms with Crippen LogP contribution in [-0.4, -0.2) is 24.0 Å². The molecular formula is C13H24N2O. The Labute approximate surface area is 98.8 Å². The molecule has 0 atom stereocenters. The van der Waals surface area contributed by atoms with E-state index in [0.717, 1.165) is 25.4 Å². The average Bonchev–Trinajstić information content (AvgIpc) is 2.61. The van der Waals surface area contributed by atoms with Gasteiger partial charge in [-0.05, 0) is 40.4 Å². The summed E-state index contributed by atoms with van der Waals surface area (Å²) in [5.74, 6) is 1.07. The van der Waals surface area contributed by atoms with Gasteiger partial charge in [0.05, 0.1) is 12.8 Å². The lowest BCUT2D eigenvalue weighted by molar-refractivity contribution is 0.305. The molecule has 1 aromatic rings. The minimum atomic E-state index is 0.144. The molecule has 0 unspecified atom stereocenters. The van der Waals surface area contributed by atoms with E-state index in [1.54, 1.807) is 6.26 Å². The van der Waals surface area contributed by atoms with E-state index in [0.29, 0.717) is 0 Å². The standard InChI is InChI=1S/C13H24N2O/c1-6-15(5)10-12-11(7-8-16-12)9-14-13(2,3)4/h7-8,14H,6,9-10H2,1-5H3. The van der Waals surface area contributed by atoms with Gasteiger partial charge in [-0.25, -0.2) is 0 Å². The van der Waals surface area contributed by atoms with Crippen molar-refractivity contribution in [3.63, 3.8) is 0 Å². The molecule has 1 N–H and O–H groups in total. The third-order valence-electron chi connectivity index (χ3n) is 2.60. The summed E-state index contributed by atoms with van der Waals surface area (Å²) in [4.78, 5) is 2.24. The topological polar surface area (TPSA) is 28.4 Å². The number of hydrogen-bond acceptors (Lipinski definition) is 3. The molecule has 0 spiro atoms. The van der Waals surface area contributed by atoms with Gasteiger partial charge in [-0.1, -0.05) is 6.92 Å². The van der Waals surface area contributed by atoms with Crippen LogP contribution in [0, 0.1) is 0 Å². The maximum Gasteiger partial charge on any atom is 0.122 e. The van der Waals surface area contributed by atoms with E-state index in [9.17, 15) is 0 Å². The van der Waals surface area contributed by atoms with Crippen molar-refractivity contribution in [3.05, 3.63) is 23.7 Å². The van der Waals surface area contributed by atoms with Crippen molar-refractivity contribution >= 4 is 0 Å². The van der Waals surface area contributed by atoms with Gasteiger partial charge in [0.25, 0.3) is 0 Å². The van der Waals surface area contributed by atoms with Crippen LogP contribution in [0.5, 0.6) is 0 Å². The number of nitrogens with one attached hydrogen (secondary N) is 1. The van der Waals surface area contributed by atoms with Crippen molar-refractivity contribution in [2.75, 3.05) is 13.6 Å². The Kier molecular flexibility index (Phi) is 4.56. The summed E-state index contributed by atoms with van der Waals surface area (Å²) in [6, 6.07) is 2.05. The van der Waals surface area contributed by atoms with Crippen LogP contribution in [0.2, 0.25) is 0 Å². The van der Waals surface area contributed by atoms with Crippen LogP contribution < -0.4 is 5.32 Å². The smallest absolute Gasteiger partial charge is 0.122 e. The lowest BCUT2D eigenvalue weighted by Crippen LogP contribution is -2.35. The van der Waals surface area contributed by atoms with Crippen LogP contribution in [0.4, 0.5) is 0 Å². The first kappa shape index (κ1) is 13.3. The summed E-state index contributed by atoms with van der Waals surface area (Å²) in [7, 11) is 2.10. The molecule has 0 bridgehead atoms. The summed E-state index contributed by atoms with van der Waals surface area (Å²) < 4.78 is 5.52. The van der Waals surface area contributed by atoms with Crippen molar-refractivity contribution in [1.29, 1.82) is 0 Å². The molecule has 0 aliphatic heterocycles. The third kappa shape index (κ3) is 4.37. The highest BCUT2D eigenvalue weighted by Crippen LogP contribution is 2.13. The van der Waals surface area contributed by atoms with E-state index in [1.807, 2.05) is 0 Å². The van der Waals surface area contributed by atoms with E-state index in [4.69, 9.17) is 4.42 Å². The van der Waals surface area contributed by atoms with Crippen molar-refractivity contribution in [2.24, 2.45) is 0 Å². The third-order valence-corrected chi connectivity index (χ3v) is 2.60. The number of hydrogen-bond donors (Lipinski definition) is 1. The number of nitrogens with zero attached hydrogens (tertiary/aromatic N) is 1. The Balaban J connectivity index is 2.57. The molecule has 0 aromatic carbocycles. The molecule has 92 valence electrons. The van der Waals surface area contributed by atoms with Crippen molar-refractivity contribution in [3.8, 4) is 0 Å². The molecule has 16 heavy (non-hydrogen) atoms. The van der Waals surface area contributed by atoms with E-state index >= 15 is 0 Å². The van der Waals surface area contributed by atoms with Crippen LogP contribution >= 0.6 is 0 Å². The number of furan rings is 1. The molecular weight excluding hydrogens is 200 g/mol. The number of rotatable bonds is 5. The van der Waals surface area contributed by atoms with Crippen LogP contribution in [0.3, 0.4) is 0 Å². The van der Waals surface area contributed by atoms with Crippen molar-refractivity contribution < 1.29 is 4.42 Å². The molecule has 3 heteroatoms. The minimum absolute atomic E-state index is 0.144. The predicted octanol–water partition coefficient (Wildman–Crippen LogP) is 2.62. The molecule has 1 rings (SSSR count). The first-order valence-electron chi connectivity index (χ1n) is 5.91. The lowest BCUT2D eigenvalue weighted by Gasteiger charge is -2.21. The average molecular weight is 224 g/mol. The Morgan fingerprint density at radius 2 is 2.06 bits per heavy atom. The van der Waals surface area contributed by atoms with Gasteiger partial charge in [-0.15, -0.1) is 0 Å². The van der Waals surface area contributed by atoms with Crippen molar-refractivity contribution in [2.45, 2.75) is 46.3 Å². The zero-order chi connectivity index (χ0) is 12.2. The van der Waals surface area contributed by atoms with Crippen molar-refractivity contribution in [1.82, 2.24) is 10.2 Å². The highest BCUT2D eigenvalue weighted by Gasteiger charge is 2.12. The Morgan fingerprint density at radius 3 is 2.62 bits per heavy atom. The van der Waals surface area contributed by atoms with Gasteiger partial charge in [0.15, 0.2) is 0 Å². The van der Waals surface area contributed by atoms with Gasteiger partial charge in [-0.3, -0.25) is 4.90 Å². The Morgan fingerprint density at radius 1 is 1.38 bits per heavy atom. The molecule has 0 radical (unpaired) electrons. The maximum absolute atomic E-state index is 5.52. The molecule has 1 heterocycles. The van der Waals surface area contributed by atoms with E-state index in [2.05, 4.69) is 51.0 Å². The van der Waals surface area contributed by atoms with E-state index in [-0.39, 0.29) is 5.54 Å².